The second kappa shape index (κ2) is 48.6. The molecule has 13 amide bonds. The molecule has 12 saturated heterocycles. The van der Waals surface area contributed by atoms with Crippen molar-refractivity contribution in [2.75, 3.05) is 106 Å². The number of likely N-dealkylation sites (tertiary alicyclic amines) is 5. The molecule has 140 heavy (non-hydrogen) atoms. The lowest BCUT2D eigenvalue weighted by Crippen LogP contribution is -2.47. The Balaban J connectivity index is 0.000000131. The number of amides is 13. The lowest BCUT2D eigenvalue weighted by atomic mass is 9.85. The molecule has 0 aromatic heterocycles. The summed E-state index contributed by atoms with van der Waals surface area (Å²) in [6.45, 7) is 22.7. The molecule has 30 nitrogen and oxygen atoms in total. The van der Waals surface area contributed by atoms with Gasteiger partial charge in [-0.15, -0.1) is 0 Å². The molecule has 0 spiro atoms. The highest BCUT2D eigenvalue weighted by atomic mass is 79.9. The van der Waals surface area contributed by atoms with Gasteiger partial charge in [0.15, 0.2) is 0 Å². The number of nitrogens with one attached hydrogen (secondary N) is 1. The van der Waals surface area contributed by atoms with E-state index in [1.54, 1.807) is 60.7 Å². The third-order valence-corrected chi connectivity index (χ3v) is 30.1. The van der Waals surface area contributed by atoms with Crippen molar-refractivity contribution in [3.05, 3.63) is 186 Å². The minimum atomic E-state index is -0.358. The van der Waals surface area contributed by atoms with Gasteiger partial charge in [0.1, 0.15) is 23.0 Å². The summed E-state index contributed by atoms with van der Waals surface area (Å²) in [6.07, 6.45) is 22.9. The number of rotatable bonds is 17. The number of carbonyl (C=O) groups excluding carboxylic acids is 13. The Morgan fingerprint density at radius 2 is 0.650 bits per heavy atom. The van der Waals surface area contributed by atoms with Gasteiger partial charge >= 0.3 is 0 Å². The highest BCUT2D eigenvalue weighted by molar-refractivity contribution is 9.10. The van der Waals surface area contributed by atoms with Crippen LogP contribution in [0.4, 0.5) is 39.8 Å². The zero-order valence-electron chi connectivity index (χ0n) is 81.5. The van der Waals surface area contributed by atoms with Crippen molar-refractivity contribution in [3.63, 3.8) is 0 Å². The summed E-state index contributed by atoms with van der Waals surface area (Å²) in [5, 5.41) is 41.6. The normalized spacial score (nSPS) is 24.9. The van der Waals surface area contributed by atoms with Crippen molar-refractivity contribution in [3.8, 4) is 23.0 Å². The van der Waals surface area contributed by atoms with Crippen LogP contribution in [0.3, 0.4) is 0 Å². The predicted octanol–water partition coefficient (Wildman–Crippen LogP) is 15.0. The van der Waals surface area contributed by atoms with Crippen molar-refractivity contribution >= 4 is 133 Å². The second-order valence-corrected chi connectivity index (χ2v) is 40.5. The number of para-hydroxylation sites is 1. The predicted molar refractivity (Wildman–Crippen MR) is 540 cm³/mol. The van der Waals surface area contributed by atoms with Crippen LogP contribution < -0.4 is 39.6 Å². The first-order valence-corrected chi connectivity index (χ1v) is 51.2. The third kappa shape index (κ3) is 25.8. The number of hydrogen-bond acceptors (Lipinski definition) is 23. The molecule has 746 valence electrons. The Hall–Kier alpha value is -11.7. The van der Waals surface area contributed by atoms with E-state index >= 15 is 0 Å². The first kappa shape index (κ1) is 104. The monoisotopic (exact) mass is 1980 g/mol. The van der Waals surface area contributed by atoms with E-state index in [1.807, 2.05) is 78.6 Å². The van der Waals surface area contributed by atoms with Gasteiger partial charge in [0.25, 0.3) is 35.4 Å². The van der Waals surface area contributed by atoms with Crippen molar-refractivity contribution in [2.24, 2.45) is 29.6 Å². The van der Waals surface area contributed by atoms with Gasteiger partial charge in [0.2, 0.25) is 41.4 Å². The summed E-state index contributed by atoms with van der Waals surface area (Å²) in [7, 11) is 0. The topological polar surface area (TPSA) is 354 Å². The summed E-state index contributed by atoms with van der Waals surface area (Å²) in [5.74, 6) is 1.99. The Morgan fingerprint density at radius 3 is 1.02 bits per heavy atom. The van der Waals surface area contributed by atoms with Gasteiger partial charge < -0.3 is 30.6 Å². The Bertz CT molecular complexity index is 5540. The number of nitrogens with zero attached hydrogens (tertiary/aromatic N) is 12. The number of piperidine rings is 4. The number of phenols is 4. The Morgan fingerprint density at radius 1 is 0.314 bits per heavy atom. The Kier molecular flexibility index (Phi) is 36.2. The van der Waals surface area contributed by atoms with E-state index in [0.29, 0.717) is 70.8 Å². The second-order valence-electron chi connectivity index (χ2n) is 39.5. The highest BCUT2D eigenvalue weighted by Gasteiger charge is 2.50. The van der Waals surface area contributed by atoms with Crippen LogP contribution in [0.2, 0.25) is 0 Å². The van der Waals surface area contributed by atoms with Crippen molar-refractivity contribution < 1.29 is 82.8 Å². The number of hydrogen-bond donors (Lipinski definition) is 5. The maximum atomic E-state index is 12.7. The standard InChI is InChI=1S/C18H24N2O3.C17H22N2O3.C17H22N2O2.C16H20N2O3.C15H18N2O3.C15H18N2O2.C11H12BrNO/c1-2-4-13-7-9-19(10-8-13)16-12-17(22)20(18(16)23)14-5-3-6-15(21)11-14;1-2-12-6-8-18(9-7-12)15-11-16(21)19(17(15)22)13-4-3-5-14(20)10-13;1-12-7-5-6-10-14(12)18-15-11-16(20)19(17(15)21)13-8-3-2-4-9-13;1-11-5-7-17(8-6-11)14-10-15(20)18(16(14)21)12-3-2-4-13(19)9-12;18-12-6-4-5-11(9-12)17-14(19)10-13(15(17)20)16-7-2-1-3-8-16;1-11-4-6-12(7-5-11)17-14(18)10-13(15(17)19)16-8-2-3-9-16;1-8-6-11(14)13(7-8)10-4-2-9(12)3-5-10/h3,5-6,11,13,16,21H,2,4,7-10,12H2,1H3;3-5,10,12,15,20H,2,6-9,11H2,1H3;2-4,8-9,12,14-15,18H,5-7,10-11H2,1H3;2-4,9,11,14,19H,5-8,10H2,1H3;4-6,9,13,18H,1-3,7-8,10H2;4-7,13H,2-3,8-10H2,1H3;2-5,8H,6-7H2,1H3/t16-;15-;12-,14-,15-;14-;2*13-;8-/m1101111/s1. The number of aromatic hydroxyl groups is 4. The van der Waals surface area contributed by atoms with Crippen LogP contribution in [0.25, 0.3) is 0 Å². The lowest BCUT2D eigenvalue weighted by molar-refractivity contribution is -0.124. The molecule has 1 aliphatic carbocycles. The summed E-state index contributed by atoms with van der Waals surface area (Å²) in [4.78, 5) is 180. The minimum absolute atomic E-state index is 0.0587. The van der Waals surface area contributed by atoms with E-state index in [1.165, 1.54) is 123 Å². The molecule has 13 fully saturated rings. The largest absolute Gasteiger partial charge is 0.508 e. The number of halogens is 1. The van der Waals surface area contributed by atoms with E-state index in [-0.39, 0.29) is 168 Å². The molecule has 20 rings (SSSR count). The van der Waals surface area contributed by atoms with Gasteiger partial charge in [-0.25, -0.2) is 29.4 Å². The fourth-order valence-corrected chi connectivity index (χ4v) is 21.8. The molecule has 12 aliphatic heterocycles. The maximum absolute atomic E-state index is 12.7. The van der Waals surface area contributed by atoms with Gasteiger partial charge in [-0.2, -0.15) is 0 Å². The highest BCUT2D eigenvalue weighted by Crippen LogP contribution is 2.39. The molecule has 7 aromatic rings. The molecule has 1 saturated carbocycles. The van der Waals surface area contributed by atoms with E-state index in [9.17, 15) is 82.8 Å². The summed E-state index contributed by atoms with van der Waals surface area (Å²) in [6, 6.07) is 48.3. The number of anilines is 7. The number of aryl methyl sites for hydroxylation is 1. The molecule has 13 aliphatic rings. The van der Waals surface area contributed by atoms with Gasteiger partial charge in [-0.05, 0) is 276 Å². The van der Waals surface area contributed by atoms with E-state index in [0.717, 1.165) is 170 Å². The van der Waals surface area contributed by atoms with Crippen LogP contribution in [0.1, 0.15) is 201 Å². The van der Waals surface area contributed by atoms with Crippen LogP contribution in [0, 0.1) is 36.5 Å². The zero-order valence-corrected chi connectivity index (χ0v) is 83.1. The molecular formula is C109H136BrN13O17. The van der Waals surface area contributed by atoms with Crippen molar-refractivity contribution in [2.45, 2.75) is 244 Å². The van der Waals surface area contributed by atoms with Crippen LogP contribution in [0.15, 0.2) is 180 Å². The van der Waals surface area contributed by atoms with Crippen molar-refractivity contribution in [1.82, 2.24) is 29.8 Å². The summed E-state index contributed by atoms with van der Waals surface area (Å²) >= 11 is 3.38. The molecule has 0 unspecified atom stereocenters. The number of carbonyl (C=O) groups is 13. The quantitative estimate of drug-likeness (QED) is 0.0529. The minimum Gasteiger partial charge on any atom is -0.508 e. The SMILES string of the molecule is CC1CCN([C@@H]2CC(=O)N(c3cccc(O)c3)C2=O)CC1.CCC1CCN([C@@H]2CC(=O)N(c3cccc(O)c3)C2=O)CC1.CCCC1CCN([C@@H]2CC(=O)N(c3cccc(O)c3)C2=O)CC1.C[C@@H]1CC(=O)N(c2ccc(Br)cc2)C1.C[C@H]1CCCC[C@@H]1N[C@H]1CC(=O)N(c2ccccc2)C1=O.Cc1ccc(N2C(=O)C[C@@H](N3CCCC3)C2=O)cc1.O=C1C[C@@H](N2CCCCC2)C(=O)N1c1cccc(O)c1. The molecule has 0 radical (unpaired) electrons. The van der Waals surface area contributed by atoms with Gasteiger partial charge in [0.05, 0.1) is 109 Å². The average molecular weight is 1980 g/mol. The first-order valence-electron chi connectivity index (χ1n) is 50.4. The van der Waals surface area contributed by atoms with E-state index < -0.39 is 0 Å². The van der Waals surface area contributed by atoms with Crippen LogP contribution >= 0.6 is 15.9 Å². The van der Waals surface area contributed by atoms with E-state index in [2.05, 4.69) is 80.4 Å². The molecule has 9 atom stereocenters. The fourth-order valence-electron chi connectivity index (χ4n) is 21.5. The Labute approximate surface area is 829 Å². The van der Waals surface area contributed by atoms with Crippen LogP contribution in [-0.2, 0) is 62.3 Å². The maximum Gasteiger partial charge on any atom is 0.251 e. The molecule has 31 heteroatoms. The molecule has 5 N–H and O–H groups in total. The van der Waals surface area contributed by atoms with Gasteiger partial charge in [-0.3, -0.25) is 86.8 Å². The average Bonchev–Trinajstić information content (AvgIpc) is 1.65. The number of phenolic OH excluding ortho intramolecular Hbond substituents is 4. The fraction of sp³-hybridized carbons (Fsp3) is 0.495. The van der Waals surface area contributed by atoms with Crippen molar-refractivity contribution in [1.29, 1.82) is 0 Å². The summed E-state index contributed by atoms with van der Waals surface area (Å²) < 4.78 is 1.04. The molecular weight excluding hydrogens is 1840 g/mol. The zero-order chi connectivity index (χ0) is 99.5. The number of imide groups is 6. The summed E-state index contributed by atoms with van der Waals surface area (Å²) in [5.41, 5.74) is 5.33. The van der Waals surface area contributed by atoms with Gasteiger partial charge in [0, 0.05) is 53.4 Å². The van der Waals surface area contributed by atoms with Crippen LogP contribution in [-0.4, -0.2) is 236 Å². The molecule has 7 aromatic carbocycles. The van der Waals surface area contributed by atoms with E-state index in [4.69, 9.17) is 0 Å². The lowest BCUT2D eigenvalue weighted by Gasteiger charge is -2.34. The van der Waals surface area contributed by atoms with Crippen LogP contribution in [0.5, 0.6) is 23.0 Å². The third-order valence-electron chi connectivity index (χ3n) is 29.5. The van der Waals surface area contributed by atoms with Gasteiger partial charge in [-0.1, -0.05) is 149 Å². The first-order chi connectivity index (χ1) is 67.4. The smallest absolute Gasteiger partial charge is 0.251 e. The number of benzene rings is 7. The molecule has 0 bridgehead atoms. The molecule has 12 heterocycles.